The molecule has 0 saturated carbocycles. The summed E-state index contributed by atoms with van der Waals surface area (Å²) in [6.45, 7) is 3.33. The lowest BCUT2D eigenvalue weighted by Gasteiger charge is -2.06. The fourth-order valence-corrected chi connectivity index (χ4v) is 4.19. The van der Waals surface area contributed by atoms with Gasteiger partial charge in [0.15, 0.2) is 0 Å². The first-order valence-electron chi connectivity index (χ1n) is 13.4. The van der Waals surface area contributed by atoms with Crippen LogP contribution in [0.3, 0.4) is 0 Å². The highest BCUT2D eigenvalue weighted by molar-refractivity contribution is 5.45. The zero-order valence-electron chi connectivity index (χ0n) is 20.1. The van der Waals surface area contributed by atoms with Crippen LogP contribution in [0.25, 0.3) is 0 Å². The Morgan fingerprint density at radius 2 is 0.833 bits per heavy atom. The molecule has 0 amide bonds. The summed E-state index contributed by atoms with van der Waals surface area (Å²) in [5, 5.41) is 12.7. The standard InChI is InChI=1S/C28H51NO/c1-2-3-4-5-6-7-8-9-10-11-12-13-14-15-16-17-18-19-20-21-26-29-27-22-24-28(30)25-23-27/h22-25,29-30H,2-21,26H2,1H3. The number of phenolic OH excluding ortho intramolecular Hbond substituents is 1. The number of nitrogens with one attached hydrogen (secondary N) is 1. The van der Waals surface area contributed by atoms with E-state index in [0.717, 1.165) is 12.2 Å². The average molecular weight is 418 g/mol. The van der Waals surface area contributed by atoms with Crippen molar-refractivity contribution in [2.75, 3.05) is 11.9 Å². The van der Waals surface area contributed by atoms with Gasteiger partial charge in [0.2, 0.25) is 0 Å². The molecule has 1 rings (SSSR count). The van der Waals surface area contributed by atoms with Crippen LogP contribution in [0.4, 0.5) is 5.69 Å². The zero-order chi connectivity index (χ0) is 21.5. The van der Waals surface area contributed by atoms with Gasteiger partial charge in [-0.1, -0.05) is 129 Å². The van der Waals surface area contributed by atoms with Crippen LogP contribution in [-0.2, 0) is 0 Å². The van der Waals surface area contributed by atoms with E-state index in [2.05, 4.69) is 12.2 Å². The lowest BCUT2D eigenvalue weighted by molar-refractivity contribution is 0.475. The van der Waals surface area contributed by atoms with Gasteiger partial charge in [-0.3, -0.25) is 0 Å². The molecule has 30 heavy (non-hydrogen) atoms. The van der Waals surface area contributed by atoms with Crippen molar-refractivity contribution >= 4 is 5.69 Å². The minimum absolute atomic E-state index is 0.333. The molecular formula is C28H51NO. The van der Waals surface area contributed by atoms with Gasteiger partial charge in [0.05, 0.1) is 0 Å². The van der Waals surface area contributed by atoms with Gasteiger partial charge in [0.1, 0.15) is 5.75 Å². The molecule has 2 N–H and O–H groups in total. The number of unbranched alkanes of at least 4 members (excludes halogenated alkanes) is 19. The zero-order valence-corrected chi connectivity index (χ0v) is 20.1. The maximum atomic E-state index is 9.28. The topological polar surface area (TPSA) is 32.3 Å². The minimum Gasteiger partial charge on any atom is -0.508 e. The number of hydrogen-bond acceptors (Lipinski definition) is 2. The fraction of sp³-hybridized carbons (Fsp3) is 0.786. The number of rotatable bonds is 22. The Kier molecular flexibility index (Phi) is 18.9. The third kappa shape index (κ3) is 17.7. The van der Waals surface area contributed by atoms with Gasteiger partial charge in [-0.25, -0.2) is 0 Å². The molecule has 2 heteroatoms. The van der Waals surface area contributed by atoms with E-state index in [-0.39, 0.29) is 0 Å². The summed E-state index contributed by atoms with van der Waals surface area (Å²) in [6.07, 6.45) is 28.5. The van der Waals surface area contributed by atoms with E-state index in [9.17, 15) is 5.11 Å². The van der Waals surface area contributed by atoms with Gasteiger partial charge >= 0.3 is 0 Å². The number of phenols is 1. The van der Waals surface area contributed by atoms with Gasteiger partial charge in [-0.05, 0) is 30.7 Å². The normalized spacial score (nSPS) is 11.1. The van der Waals surface area contributed by atoms with Crippen LogP contribution in [0, 0.1) is 0 Å². The van der Waals surface area contributed by atoms with Crippen molar-refractivity contribution in [2.24, 2.45) is 0 Å². The van der Waals surface area contributed by atoms with Gasteiger partial charge < -0.3 is 10.4 Å². The third-order valence-corrected chi connectivity index (χ3v) is 6.23. The van der Waals surface area contributed by atoms with Crippen molar-refractivity contribution in [3.05, 3.63) is 24.3 Å². The summed E-state index contributed by atoms with van der Waals surface area (Å²) >= 11 is 0. The van der Waals surface area contributed by atoms with Crippen LogP contribution >= 0.6 is 0 Å². The SMILES string of the molecule is CCCCCCCCCCCCCCCCCCCCCCNc1ccc(O)cc1. The van der Waals surface area contributed by atoms with E-state index in [1.807, 2.05) is 12.1 Å². The first kappa shape index (κ1) is 26.9. The lowest BCUT2D eigenvalue weighted by Crippen LogP contribution is -2.00. The molecule has 0 radical (unpaired) electrons. The molecule has 0 saturated heterocycles. The summed E-state index contributed by atoms with van der Waals surface area (Å²) in [6, 6.07) is 7.34. The molecule has 1 aromatic rings. The predicted octanol–water partition coefficient (Wildman–Crippen LogP) is 9.63. The Hall–Kier alpha value is -1.18. The first-order valence-corrected chi connectivity index (χ1v) is 13.4. The molecule has 0 aromatic heterocycles. The number of aromatic hydroxyl groups is 1. The molecule has 0 heterocycles. The van der Waals surface area contributed by atoms with Gasteiger partial charge in [0.25, 0.3) is 0 Å². The molecular weight excluding hydrogens is 366 g/mol. The van der Waals surface area contributed by atoms with Gasteiger partial charge in [0, 0.05) is 12.2 Å². The largest absolute Gasteiger partial charge is 0.508 e. The molecule has 0 aliphatic heterocycles. The first-order chi connectivity index (χ1) is 14.8. The molecule has 0 unspecified atom stereocenters. The highest BCUT2D eigenvalue weighted by Crippen LogP contribution is 2.16. The predicted molar refractivity (Wildman–Crippen MR) is 135 cm³/mol. The molecule has 2 nitrogen and oxygen atoms in total. The van der Waals surface area contributed by atoms with Crippen molar-refractivity contribution in [1.82, 2.24) is 0 Å². The second-order valence-corrected chi connectivity index (χ2v) is 9.19. The van der Waals surface area contributed by atoms with Crippen molar-refractivity contribution in [3.63, 3.8) is 0 Å². The van der Waals surface area contributed by atoms with Crippen molar-refractivity contribution in [1.29, 1.82) is 0 Å². The highest BCUT2D eigenvalue weighted by atomic mass is 16.3. The molecule has 1 aromatic carbocycles. The molecule has 0 spiro atoms. The van der Waals surface area contributed by atoms with Gasteiger partial charge in [-0.2, -0.15) is 0 Å². The van der Waals surface area contributed by atoms with E-state index < -0.39 is 0 Å². The Balaban J connectivity index is 1.68. The van der Waals surface area contributed by atoms with Crippen LogP contribution in [0.5, 0.6) is 5.75 Å². The molecule has 0 aliphatic carbocycles. The summed E-state index contributed by atoms with van der Waals surface area (Å²) in [4.78, 5) is 0. The Labute approximate surface area is 188 Å². The van der Waals surface area contributed by atoms with Crippen LogP contribution in [0.15, 0.2) is 24.3 Å². The molecule has 174 valence electrons. The average Bonchev–Trinajstić information content (AvgIpc) is 2.76. The number of benzene rings is 1. The quantitative estimate of drug-likeness (QED) is 0.145. The summed E-state index contributed by atoms with van der Waals surface area (Å²) in [5.41, 5.74) is 1.10. The Morgan fingerprint density at radius 1 is 0.500 bits per heavy atom. The fourth-order valence-electron chi connectivity index (χ4n) is 4.19. The second-order valence-electron chi connectivity index (χ2n) is 9.19. The second kappa shape index (κ2) is 21.1. The monoisotopic (exact) mass is 417 g/mol. The molecule has 0 atom stereocenters. The molecule has 0 aliphatic rings. The molecule has 0 fully saturated rings. The summed E-state index contributed by atoms with van der Waals surface area (Å²) in [7, 11) is 0. The van der Waals surface area contributed by atoms with Gasteiger partial charge in [-0.15, -0.1) is 0 Å². The number of hydrogen-bond donors (Lipinski definition) is 2. The Morgan fingerprint density at radius 3 is 1.20 bits per heavy atom. The minimum atomic E-state index is 0.333. The maximum Gasteiger partial charge on any atom is 0.115 e. The van der Waals surface area contributed by atoms with Crippen LogP contribution in [-0.4, -0.2) is 11.7 Å². The van der Waals surface area contributed by atoms with E-state index in [0.29, 0.717) is 5.75 Å². The van der Waals surface area contributed by atoms with E-state index in [4.69, 9.17) is 0 Å². The smallest absolute Gasteiger partial charge is 0.115 e. The summed E-state index contributed by atoms with van der Waals surface area (Å²) < 4.78 is 0. The van der Waals surface area contributed by atoms with Crippen molar-refractivity contribution < 1.29 is 5.11 Å². The van der Waals surface area contributed by atoms with Crippen LogP contribution in [0.1, 0.15) is 135 Å². The Bertz CT molecular complexity index is 456. The number of anilines is 1. The van der Waals surface area contributed by atoms with Crippen molar-refractivity contribution in [2.45, 2.75) is 135 Å². The van der Waals surface area contributed by atoms with Crippen LogP contribution < -0.4 is 5.32 Å². The van der Waals surface area contributed by atoms with E-state index >= 15 is 0 Å². The third-order valence-electron chi connectivity index (χ3n) is 6.23. The van der Waals surface area contributed by atoms with Crippen LogP contribution in [0.2, 0.25) is 0 Å². The molecule has 0 bridgehead atoms. The van der Waals surface area contributed by atoms with E-state index in [1.54, 1.807) is 12.1 Å². The maximum absolute atomic E-state index is 9.28. The van der Waals surface area contributed by atoms with E-state index in [1.165, 1.54) is 128 Å². The summed E-state index contributed by atoms with van der Waals surface area (Å²) in [5.74, 6) is 0.333. The highest BCUT2D eigenvalue weighted by Gasteiger charge is 1.96. The van der Waals surface area contributed by atoms with Crippen molar-refractivity contribution in [3.8, 4) is 5.75 Å². The lowest BCUT2D eigenvalue weighted by atomic mass is 10.0.